The summed E-state index contributed by atoms with van der Waals surface area (Å²) in [6.45, 7) is 0.00446. The number of amides is 2. The van der Waals surface area contributed by atoms with Gasteiger partial charge in [0, 0.05) is 23.1 Å². The molecule has 1 aliphatic rings. The highest BCUT2D eigenvalue weighted by molar-refractivity contribution is 7.97. The number of thioether (sulfide) groups is 1. The van der Waals surface area contributed by atoms with E-state index in [1.54, 1.807) is 18.3 Å². The summed E-state index contributed by atoms with van der Waals surface area (Å²) in [5, 5.41) is 7.10. The molecule has 0 unspecified atom stereocenters. The molecule has 0 atom stereocenters. The minimum atomic E-state index is -0.260. The van der Waals surface area contributed by atoms with Gasteiger partial charge in [0.1, 0.15) is 5.75 Å². The van der Waals surface area contributed by atoms with Gasteiger partial charge in [0.2, 0.25) is 0 Å². The van der Waals surface area contributed by atoms with Crippen molar-refractivity contribution < 1.29 is 14.3 Å². The first kappa shape index (κ1) is 26.5. The highest BCUT2D eigenvalue weighted by Crippen LogP contribution is 2.19. The maximum atomic E-state index is 12.4. The van der Waals surface area contributed by atoms with E-state index in [-0.39, 0.29) is 24.5 Å². The molecule has 0 heterocycles. The molecular formula is C30H33N3O3S. The summed E-state index contributed by atoms with van der Waals surface area (Å²) in [7, 11) is 0. The van der Waals surface area contributed by atoms with E-state index < -0.39 is 0 Å². The molecule has 0 aliphatic heterocycles. The van der Waals surface area contributed by atoms with Crippen molar-refractivity contribution in [1.29, 1.82) is 0 Å². The Kier molecular flexibility index (Phi) is 10.2. The van der Waals surface area contributed by atoms with Gasteiger partial charge in [0.25, 0.3) is 11.8 Å². The zero-order valence-electron chi connectivity index (χ0n) is 20.9. The normalized spacial score (nSPS) is 13.8. The number of benzene rings is 3. The average molecular weight is 516 g/mol. The van der Waals surface area contributed by atoms with Gasteiger partial charge in [0.05, 0.1) is 6.21 Å². The summed E-state index contributed by atoms with van der Waals surface area (Å²) >= 11 is 1.84. The minimum absolute atomic E-state index is 0.00446. The quantitative estimate of drug-likeness (QED) is 0.253. The Bertz CT molecular complexity index is 1160. The van der Waals surface area contributed by atoms with Gasteiger partial charge < -0.3 is 10.1 Å². The van der Waals surface area contributed by atoms with Crippen LogP contribution in [0.5, 0.6) is 5.75 Å². The first-order chi connectivity index (χ1) is 18.2. The number of hydrogen-bond acceptors (Lipinski definition) is 5. The number of hydrazone groups is 1. The van der Waals surface area contributed by atoms with Gasteiger partial charge in [-0.2, -0.15) is 16.9 Å². The molecule has 0 saturated heterocycles. The fourth-order valence-corrected chi connectivity index (χ4v) is 5.12. The Hall–Kier alpha value is -3.58. The van der Waals surface area contributed by atoms with E-state index in [2.05, 4.69) is 40.1 Å². The van der Waals surface area contributed by atoms with Crippen molar-refractivity contribution in [3.8, 4) is 5.75 Å². The molecule has 2 N–H and O–H groups in total. The van der Waals surface area contributed by atoms with Gasteiger partial charge in [-0.3, -0.25) is 9.59 Å². The van der Waals surface area contributed by atoms with E-state index in [1.807, 2.05) is 54.2 Å². The largest absolute Gasteiger partial charge is 0.484 e. The predicted octanol–water partition coefficient (Wildman–Crippen LogP) is 5.71. The molecule has 6 nitrogen and oxygen atoms in total. The molecule has 0 aromatic heterocycles. The smallest absolute Gasteiger partial charge is 0.271 e. The van der Waals surface area contributed by atoms with Crippen LogP contribution in [0.25, 0.3) is 0 Å². The Morgan fingerprint density at radius 3 is 2.24 bits per heavy atom. The van der Waals surface area contributed by atoms with Gasteiger partial charge in [0.15, 0.2) is 6.61 Å². The van der Waals surface area contributed by atoms with Crippen LogP contribution in [0.3, 0.4) is 0 Å². The molecule has 37 heavy (non-hydrogen) atoms. The number of rotatable bonds is 11. The molecule has 3 aromatic rings. The topological polar surface area (TPSA) is 79.8 Å². The molecule has 0 spiro atoms. The lowest BCUT2D eigenvalue weighted by atomic mass is 9.95. The Balaban J connectivity index is 1.16. The van der Waals surface area contributed by atoms with E-state index in [0.717, 1.165) is 29.9 Å². The summed E-state index contributed by atoms with van der Waals surface area (Å²) in [4.78, 5) is 24.5. The van der Waals surface area contributed by atoms with Crippen LogP contribution in [-0.2, 0) is 16.3 Å². The van der Waals surface area contributed by atoms with Gasteiger partial charge in [-0.1, -0.05) is 61.7 Å². The highest BCUT2D eigenvalue weighted by atomic mass is 32.2. The third-order valence-corrected chi connectivity index (χ3v) is 7.27. The number of carbonyl (C=O) groups excluding carboxylic acids is 2. The number of ether oxygens (including phenoxy) is 1. The van der Waals surface area contributed by atoms with Crippen LogP contribution in [-0.4, -0.2) is 30.7 Å². The molecule has 7 heteroatoms. The maximum Gasteiger partial charge on any atom is 0.271 e. The van der Waals surface area contributed by atoms with Gasteiger partial charge in [-0.15, -0.1) is 0 Å². The van der Waals surface area contributed by atoms with Gasteiger partial charge >= 0.3 is 0 Å². The molecule has 0 radical (unpaired) electrons. The highest BCUT2D eigenvalue weighted by Gasteiger charge is 2.15. The number of hydrogen-bond donors (Lipinski definition) is 2. The van der Waals surface area contributed by atoms with E-state index in [9.17, 15) is 9.59 Å². The minimum Gasteiger partial charge on any atom is -0.484 e. The zero-order chi connectivity index (χ0) is 25.7. The fraction of sp³-hybridized carbons (Fsp3) is 0.300. The van der Waals surface area contributed by atoms with Gasteiger partial charge in [-0.05, 0) is 65.9 Å². The first-order valence-corrected chi connectivity index (χ1v) is 13.9. The molecule has 1 aliphatic carbocycles. The molecule has 0 bridgehead atoms. The van der Waals surface area contributed by atoms with Crippen LogP contribution >= 0.6 is 11.8 Å². The summed E-state index contributed by atoms with van der Waals surface area (Å²) in [5.74, 6) is 2.12. The first-order valence-electron chi connectivity index (χ1n) is 12.7. The molecule has 3 aromatic carbocycles. The van der Waals surface area contributed by atoms with Crippen LogP contribution in [0, 0.1) is 0 Å². The average Bonchev–Trinajstić information content (AvgIpc) is 2.94. The molecular weight excluding hydrogens is 482 g/mol. The van der Waals surface area contributed by atoms with Gasteiger partial charge in [-0.25, -0.2) is 5.43 Å². The molecule has 4 rings (SSSR count). The van der Waals surface area contributed by atoms with Crippen LogP contribution < -0.4 is 15.5 Å². The summed E-state index contributed by atoms with van der Waals surface area (Å²) < 4.78 is 5.59. The SMILES string of the molecule is O=C(COc1ccc(/C=N\NC(=O)c2ccc(CSCc3ccccc3)cc2)cc1)NC1CCCCC1. The van der Waals surface area contributed by atoms with Crippen molar-refractivity contribution in [3.05, 3.63) is 101 Å². The second-order valence-electron chi connectivity index (χ2n) is 9.13. The molecule has 2 amide bonds. The van der Waals surface area contributed by atoms with Crippen molar-refractivity contribution >= 4 is 29.8 Å². The fourth-order valence-electron chi connectivity index (χ4n) is 4.16. The summed E-state index contributed by atoms with van der Waals surface area (Å²) in [6, 6.07) is 25.5. The van der Waals surface area contributed by atoms with E-state index in [1.165, 1.54) is 30.4 Å². The third-order valence-electron chi connectivity index (χ3n) is 6.20. The summed E-state index contributed by atoms with van der Waals surface area (Å²) in [5.41, 5.74) is 6.42. The number of carbonyl (C=O) groups is 2. The lowest BCUT2D eigenvalue weighted by Crippen LogP contribution is -2.38. The van der Waals surface area contributed by atoms with Crippen LogP contribution in [0.2, 0.25) is 0 Å². The lowest BCUT2D eigenvalue weighted by molar-refractivity contribution is -0.124. The van der Waals surface area contributed by atoms with Crippen molar-refractivity contribution in [2.75, 3.05) is 6.61 Å². The van der Waals surface area contributed by atoms with Crippen molar-refractivity contribution in [1.82, 2.24) is 10.7 Å². The predicted molar refractivity (Wildman–Crippen MR) is 150 cm³/mol. The standard InChI is InChI=1S/C30H33N3O3S/c34-29(32-27-9-5-2-6-10-27)20-36-28-17-13-23(14-18-28)19-31-33-30(35)26-15-11-25(12-16-26)22-37-21-24-7-3-1-4-8-24/h1,3-4,7-8,11-19,27H,2,5-6,9-10,20-22H2,(H,32,34)(H,33,35)/b31-19-. The van der Waals surface area contributed by atoms with Crippen LogP contribution in [0.15, 0.2) is 84.0 Å². The lowest BCUT2D eigenvalue weighted by Gasteiger charge is -2.22. The Labute approximate surface area is 222 Å². The van der Waals surface area contributed by atoms with Crippen molar-refractivity contribution in [3.63, 3.8) is 0 Å². The van der Waals surface area contributed by atoms with Crippen molar-refractivity contribution in [2.24, 2.45) is 5.10 Å². The second-order valence-corrected chi connectivity index (χ2v) is 10.1. The molecule has 192 valence electrons. The molecule has 1 fully saturated rings. The zero-order valence-corrected chi connectivity index (χ0v) is 21.7. The summed E-state index contributed by atoms with van der Waals surface area (Å²) in [6.07, 6.45) is 7.29. The Morgan fingerprint density at radius 1 is 0.865 bits per heavy atom. The number of nitrogens with one attached hydrogen (secondary N) is 2. The second kappa shape index (κ2) is 14.2. The van der Waals surface area contributed by atoms with Crippen LogP contribution in [0.4, 0.5) is 0 Å². The van der Waals surface area contributed by atoms with E-state index in [0.29, 0.717) is 11.3 Å². The van der Waals surface area contributed by atoms with E-state index in [4.69, 9.17) is 4.74 Å². The number of nitrogens with zero attached hydrogens (tertiary/aromatic N) is 1. The van der Waals surface area contributed by atoms with Crippen LogP contribution in [0.1, 0.15) is 59.2 Å². The van der Waals surface area contributed by atoms with E-state index >= 15 is 0 Å². The monoisotopic (exact) mass is 515 g/mol. The van der Waals surface area contributed by atoms with Crippen molar-refractivity contribution in [2.45, 2.75) is 49.7 Å². The Morgan fingerprint density at radius 2 is 1.54 bits per heavy atom. The maximum absolute atomic E-state index is 12.4. The molecule has 1 saturated carbocycles. The third kappa shape index (κ3) is 9.10.